The van der Waals surface area contributed by atoms with Crippen LogP contribution in [0.2, 0.25) is 0 Å². The number of sulfonamides is 1. The number of pyridine rings is 1. The van der Waals surface area contributed by atoms with Crippen LogP contribution in [0, 0.1) is 0 Å². The van der Waals surface area contributed by atoms with Crippen LogP contribution in [0.3, 0.4) is 0 Å². The van der Waals surface area contributed by atoms with Crippen molar-refractivity contribution >= 4 is 55.7 Å². The molecule has 6 aromatic rings. The summed E-state index contributed by atoms with van der Waals surface area (Å²) < 4.78 is 32.7. The predicted octanol–water partition coefficient (Wildman–Crippen LogP) is 4.76. The molecule has 58 heavy (non-hydrogen) atoms. The molecule has 3 saturated heterocycles. The number of benzene rings is 3. The molecular weight excluding hydrogens is 757 g/mol. The van der Waals surface area contributed by atoms with Gasteiger partial charge in [0.2, 0.25) is 21.9 Å². The van der Waals surface area contributed by atoms with E-state index in [0.29, 0.717) is 67.2 Å². The highest BCUT2D eigenvalue weighted by atomic mass is 32.2. The number of piperidine rings is 2. The van der Waals surface area contributed by atoms with Crippen molar-refractivity contribution < 1.29 is 18.0 Å². The maximum absolute atomic E-state index is 13.9. The number of amides is 3. The van der Waals surface area contributed by atoms with E-state index < -0.39 is 16.1 Å². The molecule has 6 heterocycles. The Kier molecular flexibility index (Phi) is 9.99. The Morgan fingerprint density at radius 2 is 1.64 bits per heavy atom. The first-order chi connectivity index (χ1) is 28.1. The van der Waals surface area contributed by atoms with Crippen molar-refractivity contribution in [3.05, 3.63) is 113 Å². The summed E-state index contributed by atoms with van der Waals surface area (Å²) in [5.74, 6) is 1.04. The van der Waals surface area contributed by atoms with E-state index in [1.54, 1.807) is 31.9 Å². The number of aromatic nitrogens is 5. The van der Waals surface area contributed by atoms with Gasteiger partial charge in [-0.15, -0.1) is 0 Å². The van der Waals surface area contributed by atoms with Crippen LogP contribution in [0.15, 0.2) is 101 Å². The van der Waals surface area contributed by atoms with Gasteiger partial charge in [0.15, 0.2) is 11.5 Å². The number of anilines is 2. The van der Waals surface area contributed by atoms with Crippen LogP contribution in [-0.4, -0.2) is 92.6 Å². The van der Waals surface area contributed by atoms with E-state index >= 15 is 0 Å². The van der Waals surface area contributed by atoms with Crippen molar-refractivity contribution in [2.24, 2.45) is 7.05 Å². The Morgan fingerprint density at radius 1 is 0.845 bits per heavy atom. The molecule has 0 aliphatic carbocycles. The third-order valence-electron chi connectivity index (χ3n) is 11.6. The number of nitrogens with zero attached hydrogens (tertiary/aromatic N) is 8. The zero-order chi connectivity index (χ0) is 40.0. The molecule has 0 radical (unpaired) electrons. The fourth-order valence-corrected chi connectivity index (χ4v) is 9.99. The van der Waals surface area contributed by atoms with Crippen molar-refractivity contribution in [3.63, 3.8) is 0 Å². The molecule has 3 aliphatic heterocycles. The number of carbonyl (C=O) groups excluding carboxylic acids is 2. The first-order valence-electron chi connectivity index (χ1n) is 19.7. The molecule has 298 valence electrons. The lowest BCUT2D eigenvalue weighted by Crippen LogP contribution is -2.49. The Bertz CT molecular complexity index is 2700. The number of para-hydroxylation sites is 1. The molecule has 0 bridgehead atoms. The number of hydrogen-bond acceptors (Lipinski definition) is 10. The topological polar surface area (TPSA) is 168 Å². The van der Waals surface area contributed by atoms with Gasteiger partial charge in [-0.25, -0.2) is 18.2 Å². The number of urea groups is 1. The third kappa shape index (κ3) is 7.34. The van der Waals surface area contributed by atoms with E-state index in [1.165, 1.54) is 16.5 Å². The number of carbonyl (C=O) groups is 2. The second-order valence-electron chi connectivity index (χ2n) is 15.3. The number of fused-ring (bicyclic) bond motifs is 2. The number of rotatable bonds is 9. The van der Waals surface area contributed by atoms with Crippen LogP contribution in [0.5, 0.6) is 0 Å². The lowest BCUT2D eigenvalue weighted by molar-refractivity contribution is -0.120. The number of hydrogen-bond donors (Lipinski definition) is 2. The van der Waals surface area contributed by atoms with Gasteiger partial charge < -0.3 is 5.32 Å². The highest BCUT2D eigenvalue weighted by molar-refractivity contribution is 7.89. The number of nitrogens with one attached hydrogen (secondary N) is 2. The molecule has 15 nitrogen and oxygen atoms in total. The molecule has 3 fully saturated rings. The minimum absolute atomic E-state index is 0.0295. The van der Waals surface area contributed by atoms with Gasteiger partial charge in [0.1, 0.15) is 0 Å². The van der Waals surface area contributed by atoms with Crippen molar-refractivity contribution in [2.45, 2.75) is 55.5 Å². The molecule has 3 aliphatic rings. The summed E-state index contributed by atoms with van der Waals surface area (Å²) in [6.45, 7) is 3.45. The van der Waals surface area contributed by atoms with Crippen LogP contribution in [0.1, 0.15) is 49.1 Å². The first-order valence-corrected chi connectivity index (χ1v) is 21.1. The Hall–Kier alpha value is -5.97. The second kappa shape index (κ2) is 15.4. The highest BCUT2D eigenvalue weighted by Crippen LogP contribution is 2.34. The Labute approximate surface area is 335 Å². The smallest absolute Gasteiger partial charge is 0.329 e. The molecule has 3 amide bonds. The van der Waals surface area contributed by atoms with Crippen LogP contribution in [-0.2, 0) is 28.4 Å². The lowest BCUT2D eigenvalue weighted by Gasteiger charge is -2.33. The maximum atomic E-state index is 13.9. The van der Waals surface area contributed by atoms with Gasteiger partial charge >= 0.3 is 6.03 Å². The Morgan fingerprint density at radius 3 is 2.41 bits per heavy atom. The third-order valence-corrected chi connectivity index (χ3v) is 13.5. The molecular formula is C42H44N10O5S. The fourth-order valence-electron chi connectivity index (χ4n) is 8.45. The van der Waals surface area contributed by atoms with Crippen LogP contribution < -0.4 is 21.1 Å². The van der Waals surface area contributed by atoms with Gasteiger partial charge in [0.05, 0.1) is 16.1 Å². The SMILES string of the molecule is Cn1nc(N2CCC(=O)NC2=O)c2ccc(C3CCN(Cc4cccc(S(=O)(=O)N5CCC(Nc6ncc7ccc(=O)n(-c8ccccc8)c7n6)CC5)c4)CC3)cc21. The van der Waals surface area contributed by atoms with Crippen LogP contribution in [0.25, 0.3) is 27.6 Å². The standard InChI is InChI=1S/C42H44N10O5S/c1-48-36-25-30(10-12-35(36)40(47-48)51-23-18-37(53)45-42(51)55)29-14-19-49(20-15-29)27-28-6-5-9-34(24-28)58(56,57)50-21-16-32(17-22-50)44-41-43-26-31-11-13-38(54)52(39(31)46-41)33-7-3-2-4-8-33/h2-13,24-26,29,32H,14-23,27H2,1H3,(H,43,44,46)(H,45,53,55). The van der Waals surface area contributed by atoms with Gasteiger partial charge in [-0.05, 0) is 98.3 Å². The van der Waals surface area contributed by atoms with Crippen molar-refractivity contribution in [1.29, 1.82) is 0 Å². The highest BCUT2D eigenvalue weighted by Gasteiger charge is 2.31. The summed E-state index contributed by atoms with van der Waals surface area (Å²) in [5, 5.41) is 12.0. The van der Waals surface area contributed by atoms with Crippen molar-refractivity contribution in [3.8, 4) is 5.69 Å². The minimum atomic E-state index is -3.70. The second-order valence-corrected chi connectivity index (χ2v) is 17.3. The molecule has 3 aromatic heterocycles. The molecule has 9 rings (SSSR count). The summed E-state index contributed by atoms with van der Waals surface area (Å²) in [6, 6.07) is 25.8. The van der Waals surface area contributed by atoms with Crippen LogP contribution >= 0.6 is 0 Å². The molecule has 0 saturated carbocycles. The van der Waals surface area contributed by atoms with E-state index in [9.17, 15) is 22.8 Å². The molecule has 0 atom stereocenters. The molecule has 16 heteroatoms. The number of likely N-dealkylation sites (tertiary alicyclic amines) is 1. The van der Waals surface area contributed by atoms with Gasteiger partial charge in [0, 0.05) is 68.7 Å². The Balaban J connectivity index is 0.805. The predicted molar refractivity (Wildman–Crippen MR) is 220 cm³/mol. The molecule has 0 unspecified atom stereocenters. The average molecular weight is 801 g/mol. The molecule has 2 N–H and O–H groups in total. The van der Waals surface area contributed by atoms with Gasteiger partial charge in [-0.2, -0.15) is 14.4 Å². The van der Waals surface area contributed by atoms with E-state index in [4.69, 9.17) is 4.98 Å². The molecule has 3 aromatic carbocycles. The van der Waals surface area contributed by atoms with Crippen molar-refractivity contribution in [1.82, 2.24) is 38.8 Å². The van der Waals surface area contributed by atoms with Gasteiger partial charge in [-0.3, -0.25) is 34.0 Å². The normalized spacial score (nSPS) is 17.9. The first kappa shape index (κ1) is 37.6. The van der Waals surface area contributed by atoms with E-state index in [0.717, 1.165) is 53.5 Å². The summed E-state index contributed by atoms with van der Waals surface area (Å²) in [6.07, 6.45) is 5.04. The molecule has 0 spiro atoms. The van der Waals surface area contributed by atoms with E-state index in [-0.39, 0.29) is 23.9 Å². The quantitative estimate of drug-likeness (QED) is 0.208. The van der Waals surface area contributed by atoms with Crippen molar-refractivity contribution in [2.75, 3.05) is 42.9 Å². The zero-order valence-electron chi connectivity index (χ0n) is 32.1. The average Bonchev–Trinajstić information content (AvgIpc) is 3.56. The summed E-state index contributed by atoms with van der Waals surface area (Å²) in [7, 11) is -1.83. The number of aryl methyl sites for hydroxylation is 1. The van der Waals surface area contributed by atoms with Gasteiger partial charge in [0.25, 0.3) is 5.56 Å². The zero-order valence-corrected chi connectivity index (χ0v) is 32.9. The largest absolute Gasteiger partial charge is 0.351 e. The lowest BCUT2D eigenvalue weighted by atomic mass is 9.89. The van der Waals surface area contributed by atoms with E-state index in [2.05, 4.69) is 37.7 Å². The summed E-state index contributed by atoms with van der Waals surface area (Å²) in [5.41, 5.74) is 4.17. The number of imide groups is 1. The van der Waals surface area contributed by atoms with Gasteiger partial charge in [-0.1, -0.05) is 36.4 Å². The summed E-state index contributed by atoms with van der Waals surface area (Å²) >= 11 is 0. The monoisotopic (exact) mass is 800 g/mol. The fraction of sp³-hybridized carbons (Fsp3) is 0.333. The minimum Gasteiger partial charge on any atom is -0.351 e. The maximum Gasteiger partial charge on any atom is 0.329 e. The summed E-state index contributed by atoms with van der Waals surface area (Å²) in [4.78, 5) is 50.5. The van der Waals surface area contributed by atoms with Crippen LogP contribution in [0.4, 0.5) is 16.6 Å². The van der Waals surface area contributed by atoms with E-state index in [1.807, 2.05) is 61.6 Å².